The summed E-state index contributed by atoms with van der Waals surface area (Å²) >= 11 is 0. The lowest BCUT2D eigenvalue weighted by Gasteiger charge is -2.33. The van der Waals surface area contributed by atoms with Crippen LogP contribution in [0.2, 0.25) is 0 Å². The molecule has 5 nitrogen and oxygen atoms in total. The molecule has 0 saturated carbocycles. The van der Waals surface area contributed by atoms with Crippen molar-refractivity contribution in [2.75, 3.05) is 0 Å². The van der Waals surface area contributed by atoms with Crippen LogP contribution in [0.4, 0.5) is 0 Å². The van der Waals surface area contributed by atoms with Gasteiger partial charge >= 0.3 is 0 Å². The molecule has 1 aliphatic heterocycles. The second-order valence-corrected chi connectivity index (χ2v) is 18.2. The molecule has 330 valence electrons. The highest BCUT2D eigenvalue weighted by Gasteiger charge is 2.30. The van der Waals surface area contributed by atoms with Crippen molar-refractivity contribution in [3.05, 3.63) is 253 Å². The van der Waals surface area contributed by atoms with Gasteiger partial charge in [0.05, 0.1) is 0 Å². The molecule has 0 spiro atoms. The monoisotopic (exact) mass is 897 g/mol. The molecule has 0 radical (unpaired) electrons. The van der Waals surface area contributed by atoms with Gasteiger partial charge in [-0.05, 0) is 90.3 Å². The molecule has 0 fully saturated rings. The summed E-state index contributed by atoms with van der Waals surface area (Å²) in [6, 6.07) is 84.2. The van der Waals surface area contributed by atoms with E-state index in [1.54, 1.807) is 0 Å². The van der Waals surface area contributed by atoms with Gasteiger partial charge in [0.15, 0.2) is 0 Å². The Bertz CT molecular complexity index is 4170. The second kappa shape index (κ2) is 16.3. The van der Waals surface area contributed by atoms with E-state index in [9.17, 15) is 0 Å². The topological polar surface area (TPSA) is 62.7 Å². The average Bonchev–Trinajstić information content (AvgIpc) is 4.00. The summed E-state index contributed by atoms with van der Waals surface area (Å²) in [5.41, 5.74) is 15.8. The first kappa shape index (κ1) is 40.1. The summed E-state index contributed by atoms with van der Waals surface area (Å²) in [7, 11) is 0. The Morgan fingerprint density at radius 3 is 1.69 bits per heavy atom. The lowest BCUT2D eigenvalue weighted by molar-refractivity contribution is 0.410. The Morgan fingerprint density at radius 2 is 0.943 bits per heavy atom. The molecular formula is C65H43N3O2. The van der Waals surface area contributed by atoms with Gasteiger partial charge in [-0.25, -0.2) is 4.99 Å². The predicted octanol–water partition coefficient (Wildman–Crippen LogP) is 16.8. The SMILES string of the molecule is c1ccc(-c2ccc(C3=NC(c4cccc5c4oc4ccccc45)NC(c4ccc(-c5c(-c6ccc(-c7ccccc7)cc6)ccc6oc7cc8ccccc8cc7c56)c5ccccc45)N3)cc2)cc1. The van der Waals surface area contributed by atoms with E-state index in [0.29, 0.717) is 0 Å². The molecule has 0 amide bonds. The number of benzene rings is 11. The summed E-state index contributed by atoms with van der Waals surface area (Å²) in [5.74, 6) is 0.803. The average molecular weight is 898 g/mol. The summed E-state index contributed by atoms with van der Waals surface area (Å²) in [6.07, 6.45) is -0.754. The van der Waals surface area contributed by atoms with E-state index in [0.717, 1.165) is 110 Å². The lowest BCUT2D eigenvalue weighted by atomic mass is 9.86. The van der Waals surface area contributed by atoms with Gasteiger partial charge in [0.25, 0.3) is 0 Å². The van der Waals surface area contributed by atoms with Crippen molar-refractivity contribution >= 4 is 71.3 Å². The van der Waals surface area contributed by atoms with Crippen molar-refractivity contribution < 1.29 is 8.83 Å². The van der Waals surface area contributed by atoms with Crippen LogP contribution < -0.4 is 10.6 Å². The first-order valence-electron chi connectivity index (χ1n) is 23.9. The maximum Gasteiger partial charge on any atom is 0.142 e. The molecule has 70 heavy (non-hydrogen) atoms. The van der Waals surface area contributed by atoms with Crippen molar-refractivity contribution in [1.29, 1.82) is 0 Å². The highest BCUT2D eigenvalue weighted by Crippen LogP contribution is 2.47. The molecule has 1 aliphatic rings. The second-order valence-electron chi connectivity index (χ2n) is 18.2. The molecule has 2 N–H and O–H groups in total. The quantitative estimate of drug-likeness (QED) is 0.167. The molecule has 0 aliphatic carbocycles. The van der Waals surface area contributed by atoms with Gasteiger partial charge in [0, 0.05) is 38.2 Å². The molecule has 0 bridgehead atoms. The minimum Gasteiger partial charge on any atom is -0.456 e. The maximum absolute atomic E-state index is 6.77. The van der Waals surface area contributed by atoms with E-state index >= 15 is 0 Å². The Balaban J connectivity index is 0.947. The van der Waals surface area contributed by atoms with E-state index in [1.165, 1.54) is 22.1 Å². The van der Waals surface area contributed by atoms with E-state index in [2.05, 4.69) is 235 Å². The zero-order chi connectivity index (χ0) is 46.1. The standard InChI is InChI=1S/C65H43N3O2/c1-3-14-40(15-4-1)42-26-30-44(31-27-42)48-36-37-58-61(56-38-46-18-7-8-19-47(46)39-59(56)69-58)60(48)52-34-35-54(50-21-10-9-20-49(50)52)64-66-63(45-32-28-43(29-33-45)41-16-5-2-6-17-41)67-65(68-64)55-24-13-23-53-51-22-11-12-25-57(51)70-62(53)55/h1-39,64-65,68H,(H,66,67). The molecule has 0 saturated heterocycles. The van der Waals surface area contributed by atoms with E-state index in [-0.39, 0.29) is 6.17 Å². The van der Waals surface area contributed by atoms with Crippen molar-refractivity contribution in [3.63, 3.8) is 0 Å². The molecule has 3 heterocycles. The fraction of sp³-hybridized carbons (Fsp3) is 0.0308. The van der Waals surface area contributed by atoms with Gasteiger partial charge in [-0.3, -0.25) is 5.32 Å². The van der Waals surface area contributed by atoms with Gasteiger partial charge in [0.1, 0.15) is 40.5 Å². The third kappa shape index (κ3) is 6.70. The predicted molar refractivity (Wildman–Crippen MR) is 289 cm³/mol. The zero-order valence-electron chi connectivity index (χ0n) is 37.9. The fourth-order valence-electron chi connectivity index (χ4n) is 10.8. The van der Waals surface area contributed by atoms with Crippen LogP contribution in [0.5, 0.6) is 0 Å². The Hall–Kier alpha value is -9.03. The van der Waals surface area contributed by atoms with Gasteiger partial charge in [0.2, 0.25) is 0 Å². The van der Waals surface area contributed by atoms with Crippen LogP contribution in [0, 0.1) is 0 Å². The fourth-order valence-corrected chi connectivity index (χ4v) is 10.8. The molecule has 5 heteroatoms. The Kier molecular flexibility index (Phi) is 9.36. The normalized spacial score (nSPS) is 15.0. The molecule has 2 unspecified atom stereocenters. The van der Waals surface area contributed by atoms with Crippen LogP contribution >= 0.6 is 0 Å². The molecule has 14 rings (SSSR count). The van der Waals surface area contributed by atoms with Crippen LogP contribution in [-0.2, 0) is 0 Å². The zero-order valence-corrected chi connectivity index (χ0v) is 37.9. The number of hydrogen-bond donors (Lipinski definition) is 2. The Morgan fingerprint density at radius 1 is 0.357 bits per heavy atom. The number of para-hydroxylation sites is 2. The van der Waals surface area contributed by atoms with Crippen molar-refractivity contribution in [2.45, 2.75) is 12.3 Å². The Labute approximate surface area is 404 Å². The molecular weight excluding hydrogens is 855 g/mol. The highest BCUT2D eigenvalue weighted by atomic mass is 16.3. The van der Waals surface area contributed by atoms with Gasteiger partial charge in [-0.2, -0.15) is 0 Å². The molecule has 13 aromatic rings. The van der Waals surface area contributed by atoms with Gasteiger partial charge in [-0.15, -0.1) is 0 Å². The first-order chi connectivity index (χ1) is 34.7. The number of furan rings is 2. The van der Waals surface area contributed by atoms with E-state index in [1.807, 2.05) is 12.1 Å². The molecule has 2 aromatic heterocycles. The number of rotatable bonds is 7. The largest absolute Gasteiger partial charge is 0.456 e. The minimum absolute atomic E-state index is 0.327. The van der Waals surface area contributed by atoms with Crippen molar-refractivity contribution in [3.8, 4) is 44.5 Å². The lowest BCUT2D eigenvalue weighted by Crippen LogP contribution is -2.45. The number of hydrogen-bond acceptors (Lipinski definition) is 5. The van der Waals surface area contributed by atoms with E-state index < -0.39 is 6.17 Å². The van der Waals surface area contributed by atoms with Crippen LogP contribution in [-0.4, -0.2) is 5.84 Å². The first-order valence-corrected chi connectivity index (χ1v) is 23.9. The number of aliphatic imine (C=N–C) groups is 1. The highest BCUT2D eigenvalue weighted by molar-refractivity contribution is 6.21. The third-order valence-electron chi connectivity index (χ3n) is 14.2. The summed E-state index contributed by atoms with van der Waals surface area (Å²) in [5, 5.41) is 16.8. The smallest absolute Gasteiger partial charge is 0.142 e. The van der Waals surface area contributed by atoms with Crippen molar-refractivity contribution in [2.24, 2.45) is 4.99 Å². The summed E-state index contributed by atoms with van der Waals surface area (Å²) in [4.78, 5) is 5.44. The maximum atomic E-state index is 6.77. The summed E-state index contributed by atoms with van der Waals surface area (Å²) in [6.45, 7) is 0. The van der Waals surface area contributed by atoms with Gasteiger partial charge < -0.3 is 14.2 Å². The van der Waals surface area contributed by atoms with E-state index in [4.69, 9.17) is 13.8 Å². The number of amidine groups is 1. The van der Waals surface area contributed by atoms with Crippen molar-refractivity contribution in [1.82, 2.24) is 10.6 Å². The minimum atomic E-state index is -0.427. The molecule has 2 atom stereocenters. The van der Waals surface area contributed by atoms with Gasteiger partial charge in [-0.1, -0.05) is 212 Å². The number of fused-ring (bicyclic) bond motifs is 8. The number of nitrogens with one attached hydrogen (secondary N) is 2. The van der Waals surface area contributed by atoms with Crippen LogP contribution in [0.15, 0.2) is 250 Å². The van der Waals surface area contributed by atoms with Crippen LogP contribution in [0.1, 0.15) is 29.0 Å². The van der Waals surface area contributed by atoms with Crippen LogP contribution in [0.3, 0.4) is 0 Å². The third-order valence-corrected chi connectivity index (χ3v) is 14.2. The van der Waals surface area contributed by atoms with Crippen LogP contribution in [0.25, 0.3) is 110 Å². The molecule has 11 aromatic carbocycles. The summed E-state index contributed by atoms with van der Waals surface area (Å²) < 4.78 is 13.4. The number of nitrogens with zero attached hydrogens (tertiary/aromatic N) is 1.